The van der Waals surface area contributed by atoms with Crippen LogP contribution in [0.25, 0.3) is 28.1 Å². The summed E-state index contributed by atoms with van der Waals surface area (Å²) in [5, 5.41) is 0.787. The number of anilines is 1. The van der Waals surface area contributed by atoms with Crippen molar-refractivity contribution in [2.24, 2.45) is 0 Å². The minimum atomic E-state index is -0.528. The highest BCUT2D eigenvalue weighted by molar-refractivity contribution is 5.79. The molecule has 0 aromatic carbocycles. The molecule has 1 amide bonds. The number of aryl methyl sites for hydroxylation is 1. The van der Waals surface area contributed by atoms with Crippen molar-refractivity contribution >= 4 is 28.5 Å². The van der Waals surface area contributed by atoms with E-state index in [1.807, 2.05) is 33.8 Å². The van der Waals surface area contributed by atoms with E-state index in [4.69, 9.17) is 4.74 Å². The smallest absolute Gasteiger partial charge is 0.410 e. The minimum absolute atomic E-state index is 0.0517. The van der Waals surface area contributed by atoms with Gasteiger partial charge in [-0.1, -0.05) is 0 Å². The molecule has 0 spiro atoms. The van der Waals surface area contributed by atoms with E-state index in [-0.39, 0.29) is 17.8 Å². The van der Waals surface area contributed by atoms with E-state index < -0.39 is 11.4 Å². The second-order valence-electron chi connectivity index (χ2n) is 9.97. The zero-order valence-corrected chi connectivity index (χ0v) is 20.5. The molecule has 0 saturated carbocycles. The monoisotopic (exact) mass is 477 g/mol. The van der Waals surface area contributed by atoms with Gasteiger partial charge in [0.1, 0.15) is 5.60 Å². The number of likely N-dealkylation sites (N-methyl/N-ethyl adjacent to an activating group) is 1. The molecule has 0 unspecified atom stereocenters. The van der Waals surface area contributed by atoms with Gasteiger partial charge in [-0.3, -0.25) is 0 Å². The lowest BCUT2D eigenvalue weighted by molar-refractivity contribution is 0.0238. The number of carbonyl (C=O) groups is 1. The quantitative estimate of drug-likeness (QED) is 0.436. The molecule has 5 heterocycles. The maximum atomic E-state index is 14.5. The van der Waals surface area contributed by atoms with E-state index >= 15 is 0 Å². The predicted molar refractivity (Wildman–Crippen MR) is 131 cm³/mol. The van der Waals surface area contributed by atoms with E-state index in [2.05, 4.69) is 24.8 Å². The molecule has 10 heteroatoms. The molecule has 1 atom stereocenters. The lowest BCUT2D eigenvalue weighted by Crippen LogP contribution is -2.42. The summed E-state index contributed by atoms with van der Waals surface area (Å²) in [5.41, 5.74) is 2.50. The molecule has 0 bridgehead atoms. The molecule has 1 fully saturated rings. The molecule has 1 aliphatic rings. The van der Waals surface area contributed by atoms with Crippen LogP contribution in [-0.4, -0.2) is 67.1 Å². The van der Waals surface area contributed by atoms with Crippen LogP contribution in [-0.2, 0) is 4.74 Å². The lowest BCUT2D eigenvalue weighted by Gasteiger charge is -2.28. The summed E-state index contributed by atoms with van der Waals surface area (Å²) < 4.78 is 21.7. The van der Waals surface area contributed by atoms with Gasteiger partial charge in [-0.25, -0.2) is 29.1 Å². The number of imidazole rings is 1. The summed E-state index contributed by atoms with van der Waals surface area (Å²) in [7, 11) is 1.78. The maximum Gasteiger partial charge on any atom is 0.410 e. The molecule has 9 nitrogen and oxygen atoms in total. The van der Waals surface area contributed by atoms with Gasteiger partial charge in [0.15, 0.2) is 22.9 Å². The Hall–Kier alpha value is -3.82. The van der Waals surface area contributed by atoms with Crippen LogP contribution in [0, 0.1) is 12.7 Å². The first-order valence-electron chi connectivity index (χ1n) is 11.6. The SMILES string of the molecule is Cc1cn2cc(-c3ncc4cc(N5CC[C@@H](N(C)C(=O)OC(C)(C)C)C5)cnc4n3)cc(F)c2n1. The number of pyridine rings is 2. The number of hydrogen-bond acceptors (Lipinski definition) is 7. The highest BCUT2D eigenvalue weighted by atomic mass is 19.1. The molecule has 1 saturated heterocycles. The van der Waals surface area contributed by atoms with Gasteiger partial charge >= 0.3 is 6.09 Å². The third-order valence-electron chi connectivity index (χ3n) is 6.06. The number of aromatic nitrogens is 5. The Balaban J connectivity index is 1.35. The Labute approximate surface area is 202 Å². The summed E-state index contributed by atoms with van der Waals surface area (Å²) in [4.78, 5) is 34.0. The van der Waals surface area contributed by atoms with Gasteiger partial charge < -0.3 is 18.9 Å². The Morgan fingerprint density at radius 2 is 1.97 bits per heavy atom. The van der Waals surface area contributed by atoms with Crippen LogP contribution < -0.4 is 4.90 Å². The summed E-state index contributed by atoms with van der Waals surface area (Å²) in [6, 6.07) is 3.43. The molecule has 35 heavy (non-hydrogen) atoms. The molecule has 1 aliphatic heterocycles. The van der Waals surface area contributed by atoms with Crippen LogP contribution in [0.4, 0.5) is 14.9 Å². The van der Waals surface area contributed by atoms with Crippen LogP contribution in [0.2, 0.25) is 0 Å². The van der Waals surface area contributed by atoms with Crippen LogP contribution in [0.1, 0.15) is 32.9 Å². The van der Waals surface area contributed by atoms with Gasteiger partial charge in [-0.15, -0.1) is 0 Å². The fourth-order valence-corrected chi connectivity index (χ4v) is 4.30. The van der Waals surface area contributed by atoms with Gasteiger partial charge in [-0.05, 0) is 46.2 Å². The second-order valence-corrected chi connectivity index (χ2v) is 9.97. The van der Waals surface area contributed by atoms with Crippen LogP contribution in [0.5, 0.6) is 0 Å². The first kappa shape index (κ1) is 22.9. The molecular formula is C25H28FN7O2. The van der Waals surface area contributed by atoms with Gasteiger partial charge in [-0.2, -0.15) is 0 Å². The van der Waals surface area contributed by atoms with Crippen LogP contribution >= 0.6 is 0 Å². The molecule has 4 aromatic rings. The molecule has 0 radical (unpaired) electrons. The van der Waals surface area contributed by atoms with Gasteiger partial charge in [0, 0.05) is 49.7 Å². The number of amides is 1. The number of carbonyl (C=O) groups excluding carboxylic acids is 1. The van der Waals surface area contributed by atoms with Gasteiger partial charge in [0.25, 0.3) is 0 Å². The van der Waals surface area contributed by atoms with Crippen molar-refractivity contribution in [3.63, 3.8) is 0 Å². The molecule has 5 rings (SSSR count). The van der Waals surface area contributed by atoms with E-state index in [0.717, 1.165) is 29.7 Å². The zero-order chi connectivity index (χ0) is 24.9. The van der Waals surface area contributed by atoms with Crippen LogP contribution in [0.15, 0.2) is 36.9 Å². The fraction of sp³-hybridized carbons (Fsp3) is 0.400. The van der Waals surface area contributed by atoms with Crippen molar-refractivity contribution in [1.82, 2.24) is 29.2 Å². The highest BCUT2D eigenvalue weighted by Gasteiger charge is 2.31. The zero-order valence-electron chi connectivity index (χ0n) is 20.5. The summed E-state index contributed by atoms with van der Waals surface area (Å²) >= 11 is 0. The van der Waals surface area contributed by atoms with E-state index in [1.54, 1.807) is 41.1 Å². The lowest BCUT2D eigenvalue weighted by atomic mass is 10.2. The van der Waals surface area contributed by atoms with Crippen molar-refractivity contribution in [1.29, 1.82) is 0 Å². The van der Waals surface area contributed by atoms with E-state index in [0.29, 0.717) is 23.6 Å². The highest BCUT2D eigenvalue weighted by Crippen LogP contribution is 2.27. The summed E-state index contributed by atoms with van der Waals surface area (Å²) in [6.45, 7) is 8.89. The molecule has 4 aromatic heterocycles. The van der Waals surface area contributed by atoms with Crippen molar-refractivity contribution in [3.05, 3.63) is 48.4 Å². The normalized spacial score (nSPS) is 16.3. The van der Waals surface area contributed by atoms with Crippen molar-refractivity contribution in [3.8, 4) is 11.4 Å². The third kappa shape index (κ3) is 4.60. The molecule has 0 N–H and O–H groups in total. The Kier molecular flexibility index (Phi) is 5.53. The van der Waals surface area contributed by atoms with E-state index in [9.17, 15) is 9.18 Å². The summed E-state index contributed by atoms with van der Waals surface area (Å²) in [6.07, 6.45) is 7.53. The number of nitrogens with zero attached hydrogens (tertiary/aromatic N) is 7. The molecular weight excluding hydrogens is 449 g/mol. The second kappa shape index (κ2) is 8.44. The summed E-state index contributed by atoms with van der Waals surface area (Å²) in [5.74, 6) is -0.0346. The van der Waals surface area contributed by atoms with Crippen molar-refractivity contribution in [2.45, 2.75) is 45.8 Å². The third-order valence-corrected chi connectivity index (χ3v) is 6.06. The minimum Gasteiger partial charge on any atom is -0.444 e. The number of halogens is 1. The standard InChI is InChI=1S/C25H28FN7O2/c1-15-12-33-13-17(9-20(26)23(33)29-15)22-27-10-16-8-19(11-28-21(16)30-22)32-7-6-18(14-32)31(5)24(34)35-25(2,3)4/h8-13,18H,6-7,14H2,1-5H3/t18-/m1/s1. The van der Waals surface area contributed by atoms with Crippen molar-refractivity contribution < 1.29 is 13.9 Å². The first-order chi connectivity index (χ1) is 16.6. The number of ether oxygens (including phenoxy) is 1. The van der Waals surface area contributed by atoms with E-state index in [1.165, 1.54) is 6.07 Å². The number of rotatable bonds is 3. The average molecular weight is 478 g/mol. The predicted octanol–water partition coefficient (Wildman–Crippen LogP) is 4.23. The Morgan fingerprint density at radius 1 is 1.17 bits per heavy atom. The number of fused-ring (bicyclic) bond motifs is 2. The van der Waals surface area contributed by atoms with Crippen LogP contribution in [0.3, 0.4) is 0 Å². The largest absolute Gasteiger partial charge is 0.444 e. The van der Waals surface area contributed by atoms with Gasteiger partial charge in [0.05, 0.1) is 23.6 Å². The molecule has 0 aliphatic carbocycles. The number of hydrogen-bond donors (Lipinski definition) is 0. The van der Waals surface area contributed by atoms with Crippen molar-refractivity contribution in [2.75, 3.05) is 25.0 Å². The average Bonchev–Trinajstić information content (AvgIpc) is 3.43. The Bertz CT molecular complexity index is 1430. The Morgan fingerprint density at radius 3 is 2.74 bits per heavy atom. The molecule has 182 valence electrons. The van der Waals surface area contributed by atoms with Gasteiger partial charge in [0.2, 0.25) is 0 Å². The first-order valence-corrected chi connectivity index (χ1v) is 11.6. The maximum absolute atomic E-state index is 14.5. The fourth-order valence-electron chi connectivity index (χ4n) is 4.30. The topological polar surface area (TPSA) is 88.8 Å².